The number of nitrogens with zero attached hydrogens (tertiary/aromatic N) is 1. The van der Waals surface area contributed by atoms with Gasteiger partial charge in [-0.1, -0.05) is 50.6 Å². The third-order valence-electron chi connectivity index (χ3n) is 5.16. The lowest BCUT2D eigenvalue weighted by Crippen LogP contribution is -2.38. The van der Waals surface area contributed by atoms with E-state index in [2.05, 4.69) is 36.2 Å². The van der Waals surface area contributed by atoms with Crippen LogP contribution < -0.4 is 5.32 Å². The van der Waals surface area contributed by atoms with Gasteiger partial charge in [-0.25, -0.2) is 0 Å². The number of benzene rings is 1. The zero-order valence-electron chi connectivity index (χ0n) is 15.1. The van der Waals surface area contributed by atoms with Crippen molar-refractivity contribution in [3.63, 3.8) is 0 Å². The highest BCUT2D eigenvalue weighted by Crippen LogP contribution is 2.27. The first-order valence-corrected chi connectivity index (χ1v) is 9.35. The van der Waals surface area contributed by atoms with Crippen molar-refractivity contribution in [2.24, 2.45) is 5.92 Å². The first-order chi connectivity index (χ1) is 11.6. The molecular formula is C20H32N2O2. The zero-order chi connectivity index (χ0) is 17.4. The Morgan fingerprint density at radius 3 is 2.58 bits per heavy atom. The molecule has 2 N–H and O–H groups in total. The number of rotatable bonds is 8. The third-order valence-corrected chi connectivity index (χ3v) is 5.16. The highest BCUT2D eigenvalue weighted by Gasteiger charge is 2.25. The Kier molecular flexibility index (Phi) is 7.73. The van der Waals surface area contributed by atoms with E-state index < -0.39 is 0 Å². The van der Waals surface area contributed by atoms with E-state index in [1.165, 1.54) is 0 Å². The van der Waals surface area contributed by atoms with Crippen molar-refractivity contribution in [3.05, 3.63) is 35.9 Å². The van der Waals surface area contributed by atoms with E-state index in [1.54, 1.807) is 0 Å². The maximum Gasteiger partial charge on any atom is 0.227 e. The zero-order valence-corrected chi connectivity index (χ0v) is 15.1. The molecule has 2 atom stereocenters. The summed E-state index contributed by atoms with van der Waals surface area (Å²) in [4.78, 5) is 15.1. The van der Waals surface area contributed by atoms with Gasteiger partial charge < -0.3 is 15.3 Å². The number of aliphatic hydroxyl groups is 1. The van der Waals surface area contributed by atoms with Crippen molar-refractivity contribution in [2.75, 3.05) is 26.2 Å². The Morgan fingerprint density at radius 2 is 1.96 bits per heavy atom. The molecule has 1 amide bonds. The Hall–Kier alpha value is -1.39. The summed E-state index contributed by atoms with van der Waals surface area (Å²) >= 11 is 0. The van der Waals surface area contributed by atoms with Gasteiger partial charge in [-0.2, -0.15) is 0 Å². The van der Waals surface area contributed by atoms with Gasteiger partial charge in [-0.05, 0) is 37.3 Å². The molecule has 0 aromatic heterocycles. The van der Waals surface area contributed by atoms with E-state index in [0.29, 0.717) is 5.92 Å². The van der Waals surface area contributed by atoms with E-state index in [4.69, 9.17) is 0 Å². The molecule has 4 nitrogen and oxygen atoms in total. The molecule has 0 bridgehead atoms. The van der Waals surface area contributed by atoms with Crippen molar-refractivity contribution in [2.45, 2.75) is 51.6 Å². The molecule has 1 fully saturated rings. The van der Waals surface area contributed by atoms with Crippen molar-refractivity contribution in [1.82, 2.24) is 10.2 Å². The molecule has 24 heavy (non-hydrogen) atoms. The highest BCUT2D eigenvalue weighted by molar-refractivity contribution is 5.83. The molecule has 1 heterocycles. The molecule has 1 saturated heterocycles. The van der Waals surface area contributed by atoms with E-state index >= 15 is 0 Å². The van der Waals surface area contributed by atoms with Gasteiger partial charge in [0.1, 0.15) is 0 Å². The van der Waals surface area contributed by atoms with Crippen LogP contribution in [0.4, 0.5) is 0 Å². The second-order valence-corrected chi connectivity index (χ2v) is 6.99. The van der Waals surface area contributed by atoms with Crippen LogP contribution in [0.1, 0.15) is 51.0 Å². The fourth-order valence-corrected chi connectivity index (χ4v) is 3.40. The molecular weight excluding hydrogens is 300 g/mol. The molecule has 0 saturated carbocycles. The van der Waals surface area contributed by atoms with Crippen LogP contribution in [-0.4, -0.2) is 48.2 Å². The molecule has 0 spiro atoms. The summed E-state index contributed by atoms with van der Waals surface area (Å²) in [5.41, 5.74) is 1.11. The number of aliphatic hydroxyl groups excluding tert-OH is 1. The maximum absolute atomic E-state index is 12.7. The summed E-state index contributed by atoms with van der Waals surface area (Å²) in [6, 6.07) is 10.1. The summed E-state index contributed by atoms with van der Waals surface area (Å²) in [5, 5.41) is 12.7. The van der Waals surface area contributed by atoms with E-state index in [9.17, 15) is 9.90 Å². The number of piperidine rings is 1. The molecule has 1 aromatic rings. The van der Waals surface area contributed by atoms with Crippen LogP contribution in [0, 0.1) is 5.92 Å². The largest absolute Gasteiger partial charge is 0.393 e. The lowest BCUT2D eigenvalue weighted by atomic mass is 9.85. The van der Waals surface area contributed by atoms with Crippen LogP contribution in [0.2, 0.25) is 0 Å². The van der Waals surface area contributed by atoms with Crippen molar-refractivity contribution < 1.29 is 9.90 Å². The van der Waals surface area contributed by atoms with Gasteiger partial charge in [0, 0.05) is 19.6 Å². The number of carbonyl (C=O) groups is 1. The number of likely N-dealkylation sites (tertiary alicyclic amines) is 1. The van der Waals surface area contributed by atoms with Crippen LogP contribution in [0.5, 0.6) is 0 Å². The summed E-state index contributed by atoms with van der Waals surface area (Å²) in [6.07, 6.45) is 3.57. The van der Waals surface area contributed by atoms with E-state index in [1.807, 2.05) is 18.2 Å². The van der Waals surface area contributed by atoms with Gasteiger partial charge in [-0.15, -0.1) is 0 Å². The number of carbonyl (C=O) groups excluding carboxylic acids is 1. The van der Waals surface area contributed by atoms with Crippen molar-refractivity contribution >= 4 is 5.91 Å². The molecule has 1 aliphatic heterocycles. The van der Waals surface area contributed by atoms with Gasteiger partial charge in [0.25, 0.3) is 0 Å². The molecule has 134 valence electrons. The van der Waals surface area contributed by atoms with E-state index in [-0.39, 0.29) is 17.9 Å². The Bertz CT molecular complexity index is 484. The molecule has 2 rings (SSSR count). The first kappa shape index (κ1) is 18.9. The Labute approximate surface area is 146 Å². The number of hydrogen-bond acceptors (Lipinski definition) is 3. The molecule has 1 aliphatic rings. The number of amides is 1. The SMILES string of the molecule is CCC(C)C(C(=O)NCCCN1CCC(O)CC1)c1ccccc1. The quantitative estimate of drug-likeness (QED) is 0.720. The molecule has 1 aromatic carbocycles. The standard InChI is InChI=1S/C20H32N2O2/c1-3-16(2)19(17-8-5-4-6-9-17)20(24)21-12-7-13-22-14-10-18(23)11-15-22/h4-6,8-9,16,18-19,23H,3,7,10-15H2,1-2H3,(H,21,24). The van der Waals surface area contributed by atoms with E-state index in [0.717, 1.165) is 57.4 Å². The lowest BCUT2D eigenvalue weighted by molar-refractivity contribution is -0.123. The maximum atomic E-state index is 12.7. The Morgan fingerprint density at radius 1 is 1.29 bits per heavy atom. The van der Waals surface area contributed by atoms with Crippen molar-refractivity contribution in [3.8, 4) is 0 Å². The number of hydrogen-bond donors (Lipinski definition) is 2. The fraction of sp³-hybridized carbons (Fsp3) is 0.650. The van der Waals surface area contributed by atoms with Crippen LogP contribution in [0.3, 0.4) is 0 Å². The third kappa shape index (κ3) is 5.60. The minimum atomic E-state index is -0.122. The number of nitrogens with one attached hydrogen (secondary N) is 1. The van der Waals surface area contributed by atoms with Gasteiger partial charge in [0.05, 0.1) is 12.0 Å². The predicted octanol–water partition coefficient (Wildman–Crippen LogP) is 2.78. The van der Waals surface area contributed by atoms with Crippen molar-refractivity contribution in [1.29, 1.82) is 0 Å². The predicted molar refractivity (Wildman–Crippen MR) is 97.9 cm³/mol. The minimum Gasteiger partial charge on any atom is -0.393 e. The molecule has 0 radical (unpaired) electrons. The minimum absolute atomic E-state index is 0.0682. The molecule has 4 heteroatoms. The summed E-state index contributed by atoms with van der Waals surface area (Å²) in [5.74, 6) is 0.405. The smallest absolute Gasteiger partial charge is 0.227 e. The molecule has 2 unspecified atom stereocenters. The van der Waals surface area contributed by atoms with Crippen LogP contribution >= 0.6 is 0 Å². The van der Waals surface area contributed by atoms with Gasteiger partial charge in [0.15, 0.2) is 0 Å². The first-order valence-electron chi connectivity index (χ1n) is 9.35. The fourth-order valence-electron chi connectivity index (χ4n) is 3.40. The average molecular weight is 332 g/mol. The summed E-state index contributed by atoms with van der Waals surface area (Å²) in [6.45, 7) is 7.93. The normalized spacial score (nSPS) is 19.0. The van der Waals surface area contributed by atoms with Crippen LogP contribution in [0.25, 0.3) is 0 Å². The second kappa shape index (κ2) is 9.80. The van der Waals surface area contributed by atoms with Gasteiger partial charge in [-0.3, -0.25) is 4.79 Å². The monoisotopic (exact) mass is 332 g/mol. The summed E-state index contributed by atoms with van der Waals surface area (Å²) < 4.78 is 0. The Balaban J connectivity index is 1.78. The van der Waals surface area contributed by atoms with Crippen LogP contribution in [0.15, 0.2) is 30.3 Å². The van der Waals surface area contributed by atoms with Gasteiger partial charge >= 0.3 is 0 Å². The highest BCUT2D eigenvalue weighted by atomic mass is 16.3. The average Bonchev–Trinajstić information content (AvgIpc) is 2.61. The summed E-state index contributed by atoms with van der Waals surface area (Å²) in [7, 11) is 0. The molecule has 0 aliphatic carbocycles. The van der Waals surface area contributed by atoms with Gasteiger partial charge in [0.2, 0.25) is 5.91 Å². The van der Waals surface area contributed by atoms with Crippen LogP contribution in [-0.2, 0) is 4.79 Å². The second-order valence-electron chi connectivity index (χ2n) is 6.99. The topological polar surface area (TPSA) is 52.6 Å². The lowest BCUT2D eigenvalue weighted by Gasteiger charge is -2.29.